The Morgan fingerprint density at radius 2 is 1.53 bits per heavy atom. The number of carbonyl (C=O) groups is 2. The minimum Gasteiger partial charge on any atom is -0.497 e. The van der Waals surface area contributed by atoms with Crippen LogP contribution in [0.25, 0.3) is 0 Å². The number of benzene rings is 1. The van der Waals surface area contributed by atoms with Crippen LogP contribution in [0.1, 0.15) is 57.6 Å². The van der Waals surface area contributed by atoms with Crippen LogP contribution >= 0.6 is 0 Å². The third-order valence-electron chi connectivity index (χ3n) is 7.99. The Morgan fingerprint density at radius 1 is 0.930 bits per heavy atom. The molecule has 0 saturated carbocycles. The highest BCUT2D eigenvalue weighted by molar-refractivity contribution is 5.68. The van der Waals surface area contributed by atoms with Crippen LogP contribution < -0.4 is 25.2 Å². The molecule has 2 N–H and O–H groups in total. The van der Waals surface area contributed by atoms with E-state index in [1.54, 1.807) is 27.9 Å². The van der Waals surface area contributed by atoms with Crippen LogP contribution in [0.4, 0.5) is 21.2 Å². The number of ether oxygens (including phenoxy) is 4. The molecule has 3 saturated heterocycles. The van der Waals surface area contributed by atoms with Crippen molar-refractivity contribution < 1.29 is 28.5 Å². The molecular weight excluding hydrogens is 550 g/mol. The molecule has 2 aromatic rings. The first kappa shape index (κ1) is 30.7. The summed E-state index contributed by atoms with van der Waals surface area (Å²) >= 11 is 0. The minimum absolute atomic E-state index is 0.268. The van der Waals surface area contributed by atoms with Gasteiger partial charge in [-0.25, -0.2) is 14.6 Å². The van der Waals surface area contributed by atoms with E-state index in [1.165, 1.54) is 0 Å². The minimum atomic E-state index is -0.793. The Bertz CT molecular complexity index is 1200. The Hall–Kier alpha value is -3.73. The molecule has 3 aliphatic heterocycles. The van der Waals surface area contributed by atoms with Gasteiger partial charge in [-0.05, 0) is 88.3 Å². The molecule has 11 nitrogen and oxygen atoms in total. The van der Waals surface area contributed by atoms with Crippen molar-refractivity contribution in [3.05, 3.63) is 47.5 Å². The first-order valence-corrected chi connectivity index (χ1v) is 15.4. The van der Waals surface area contributed by atoms with Gasteiger partial charge in [-0.1, -0.05) is 12.1 Å². The standard InChI is InChI=1S/C32H45N5O6/c1-32(2,3)43-31(39)41-26-21-33-25(17-22-9-11-24(40-4)12-10-22)29(26)42-30(38)34-20-23-18-27(36-13-5-6-14-36)35-28(19-23)37-15-7-8-16-37/h9-12,18-19,25-26,29,33H,5-8,13-17,20-21H2,1-4H3,(H,34,38)/t25-,26+,29+/m1/s1. The van der Waals surface area contributed by atoms with E-state index in [4.69, 9.17) is 23.9 Å². The largest absolute Gasteiger partial charge is 0.509 e. The van der Waals surface area contributed by atoms with Gasteiger partial charge in [-0.2, -0.15) is 0 Å². The van der Waals surface area contributed by atoms with E-state index < -0.39 is 30.1 Å². The Kier molecular flexibility index (Phi) is 9.79. The topological polar surface area (TPSA) is 114 Å². The van der Waals surface area contributed by atoms with Crippen LogP contribution in [0.5, 0.6) is 5.75 Å². The molecule has 0 radical (unpaired) electrons. The maximum Gasteiger partial charge on any atom is 0.509 e. The average molecular weight is 596 g/mol. The van der Waals surface area contributed by atoms with Crippen molar-refractivity contribution in [2.75, 3.05) is 49.6 Å². The highest BCUT2D eigenvalue weighted by Crippen LogP contribution is 2.27. The molecule has 3 aliphatic rings. The Labute approximate surface area is 254 Å². The second kappa shape index (κ2) is 13.7. The second-order valence-corrected chi connectivity index (χ2v) is 12.5. The lowest BCUT2D eigenvalue weighted by Crippen LogP contribution is -2.43. The zero-order valence-electron chi connectivity index (χ0n) is 25.8. The molecule has 5 rings (SSSR count). The van der Waals surface area contributed by atoms with Crippen LogP contribution in [0.15, 0.2) is 36.4 Å². The fraction of sp³-hybridized carbons (Fsp3) is 0.594. The van der Waals surface area contributed by atoms with Crippen LogP contribution in [0.2, 0.25) is 0 Å². The lowest BCUT2D eigenvalue weighted by Gasteiger charge is -2.26. The van der Waals surface area contributed by atoms with Crippen LogP contribution in [-0.2, 0) is 27.2 Å². The summed E-state index contributed by atoms with van der Waals surface area (Å²) in [5, 5.41) is 6.30. The van der Waals surface area contributed by atoms with Gasteiger partial charge in [0.15, 0.2) is 12.2 Å². The zero-order valence-corrected chi connectivity index (χ0v) is 25.8. The molecule has 11 heteroatoms. The molecule has 4 heterocycles. The normalized spacial score (nSPS) is 22.0. The molecule has 3 atom stereocenters. The molecule has 0 aliphatic carbocycles. The number of hydrogen-bond donors (Lipinski definition) is 2. The maximum absolute atomic E-state index is 13.2. The van der Waals surface area contributed by atoms with Gasteiger partial charge in [0.05, 0.1) is 13.2 Å². The summed E-state index contributed by atoms with van der Waals surface area (Å²) in [4.78, 5) is 35.3. The van der Waals surface area contributed by atoms with Crippen LogP contribution in [-0.4, -0.2) is 80.9 Å². The molecule has 0 spiro atoms. The number of carbonyl (C=O) groups excluding carboxylic acids is 2. The molecule has 1 amide bonds. The molecule has 1 aromatic carbocycles. The molecule has 0 bridgehead atoms. The van der Waals surface area contributed by atoms with Gasteiger partial charge in [-0.3, -0.25) is 0 Å². The number of alkyl carbamates (subject to hydrolysis) is 1. The fourth-order valence-corrected chi connectivity index (χ4v) is 5.84. The van der Waals surface area contributed by atoms with Crippen molar-refractivity contribution >= 4 is 23.9 Å². The van der Waals surface area contributed by atoms with Crippen LogP contribution in [0.3, 0.4) is 0 Å². The van der Waals surface area contributed by atoms with Gasteiger partial charge in [0.1, 0.15) is 23.0 Å². The van der Waals surface area contributed by atoms with Gasteiger partial charge in [0.2, 0.25) is 0 Å². The highest BCUT2D eigenvalue weighted by atomic mass is 16.7. The van der Waals surface area contributed by atoms with E-state index >= 15 is 0 Å². The number of amides is 1. The zero-order chi connectivity index (χ0) is 30.4. The van der Waals surface area contributed by atoms with Gasteiger partial charge < -0.3 is 39.4 Å². The van der Waals surface area contributed by atoms with Crippen molar-refractivity contribution in [3.63, 3.8) is 0 Å². The Morgan fingerprint density at radius 3 is 2.09 bits per heavy atom. The lowest BCUT2D eigenvalue weighted by molar-refractivity contribution is -0.0518. The SMILES string of the molecule is COc1ccc(C[C@H]2NC[C@H](OC(=O)OC(C)(C)C)[C@H]2OC(=O)NCc2cc(N3CCCC3)nc(N3CCCC3)c2)cc1. The van der Waals surface area contributed by atoms with E-state index in [2.05, 4.69) is 32.6 Å². The van der Waals surface area contributed by atoms with Crippen molar-refractivity contribution in [1.82, 2.24) is 15.6 Å². The number of hydrogen-bond acceptors (Lipinski definition) is 10. The smallest absolute Gasteiger partial charge is 0.497 e. The monoisotopic (exact) mass is 595 g/mol. The first-order chi connectivity index (χ1) is 20.7. The number of anilines is 2. The van der Waals surface area contributed by atoms with E-state index in [1.807, 2.05) is 24.3 Å². The second-order valence-electron chi connectivity index (χ2n) is 12.5. The van der Waals surface area contributed by atoms with Gasteiger partial charge in [-0.15, -0.1) is 0 Å². The van der Waals surface area contributed by atoms with Crippen molar-refractivity contribution in [3.8, 4) is 5.75 Å². The van der Waals surface area contributed by atoms with Crippen molar-refractivity contribution in [2.45, 2.75) is 83.3 Å². The lowest BCUT2D eigenvalue weighted by atomic mass is 10.0. The number of nitrogens with one attached hydrogen (secondary N) is 2. The predicted octanol–water partition coefficient (Wildman–Crippen LogP) is 4.42. The van der Waals surface area contributed by atoms with Gasteiger partial charge in [0.25, 0.3) is 0 Å². The average Bonchev–Trinajstić information content (AvgIpc) is 3.76. The number of aromatic nitrogens is 1. The van der Waals surface area contributed by atoms with E-state index in [9.17, 15) is 9.59 Å². The van der Waals surface area contributed by atoms with E-state index in [0.29, 0.717) is 19.5 Å². The highest BCUT2D eigenvalue weighted by Gasteiger charge is 2.42. The molecule has 43 heavy (non-hydrogen) atoms. The first-order valence-electron chi connectivity index (χ1n) is 15.4. The molecule has 1 aromatic heterocycles. The van der Waals surface area contributed by atoms with Gasteiger partial charge in [0, 0.05) is 39.3 Å². The molecular formula is C32H45N5O6. The fourth-order valence-electron chi connectivity index (χ4n) is 5.84. The number of methoxy groups -OCH3 is 1. The number of pyridine rings is 1. The summed E-state index contributed by atoms with van der Waals surface area (Å²) in [5.41, 5.74) is 1.30. The predicted molar refractivity (Wildman–Crippen MR) is 164 cm³/mol. The van der Waals surface area contributed by atoms with Crippen molar-refractivity contribution in [2.24, 2.45) is 0 Å². The molecule has 3 fully saturated rings. The quantitative estimate of drug-likeness (QED) is 0.404. The summed E-state index contributed by atoms with van der Waals surface area (Å²) in [6.07, 6.45) is 2.43. The molecule has 234 valence electrons. The maximum atomic E-state index is 13.2. The molecule has 0 unspecified atom stereocenters. The van der Waals surface area contributed by atoms with E-state index in [-0.39, 0.29) is 6.04 Å². The van der Waals surface area contributed by atoms with Crippen LogP contribution in [0, 0.1) is 0 Å². The van der Waals surface area contributed by atoms with Gasteiger partial charge >= 0.3 is 12.2 Å². The number of nitrogens with zero attached hydrogens (tertiary/aromatic N) is 3. The third-order valence-corrected chi connectivity index (χ3v) is 7.99. The summed E-state index contributed by atoms with van der Waals surface area (Å²) in [5.74, 6) is 2.67. The summed E-state index contributed by atoms with van der Waals surface area (Å²) in [6, 6.07) is 11.6. The summed E-state index contributed by atoms with van der Waals surface area (Å²) < 4.78 is 22.3. The van der Waals surface area contributed by atoms with E-state index in [0.717, 1.165) is 80.4 Å². The summed E-state index contributed by atoms with van der Waals surface area (Å²) in [6.45, 7) is 9.94. The Balaban J connectivity index is 1.27. The number of rotatable bonds is 9. The summed E-state index contributed by atoms with van der Waals surface area (Å²) in [7, 11) is 1.63. The third kappa shape index (κ3) is 8.43. The van der Waals surface area contributed by atoms with Crippen molar-refractivity contribution in [1.29, 1.82) is 0 Å².